The molecule has 0 spiro atoms. The Morgan fingerprint density at radius 2 is 1.69 bits per heavy atom. The molecule has 0 heterocycles. The summed E-state index contributed by atoms with van der Waals surface area (Å²) in [7, 11) is 3.41. The van der Waals surface area contributed by atoms with Crippen LogP contribution in [0.5, 0.6) is 0 Å². The van der Waals surface area contributed by atoms with Crippen molar-refractivity contribution in [1.82, 2.24) is 9.80 Å². The second-order valence-corrected chi connectivity index (χ2v) is 6.81. The maximum atomic E-state index is 12.5. The van der Waals surface area contributed by atoms with Gasteiger partial charge in [0.05, 0.1) is 6.54 Å². The SMILES string of the molecule is CC(C)N(CC(=O)Nc1cccc(C(=O)N(C)C)c1)Cc1ccccc1. The van der Waals surface area contributed by atoms with Gasteiger partial charge in [0.1, 0.15) is 0 Å². The summed E-state index contributed by atoms with van der Waals surface area (Å²) in [6, 6.07) is 17.4. The Balaban J connectivity index is 2.02. The number of hydrogen-bond donors (Lipinski definition) is 1. The van der Waals surface area contributed by atoms with Gasteiger partial charge in [-0.3, -0.25) is 14.5 Å². The Morgan fingerprint density at radius 3 is 2.31 bits per heavy atom. The molecule has 138 valence electrons. The first-order valence-electron chi connectivity index (χ1n) is 8.76. The van der Waals surface area contributed by atoms with Crippen LogP contribution in [0.15, 0.2) is 54.6 Å². The quantitative estimate of drug-likeness (QED) is 0.831. The lowest BCUT2D eigenvalue weighted by Gasteiger charge is -2.26. The van der Waals surface area contributed by atoms with Gasteiger partial charge in [-0.2, -0.15) is 0 Å². The number of benzene rings is 2. The maximum absolute atomic E-state index is 12.5. The third kappa shape index (κ3) is 5.70. The molecule has 0 saturated carbocycles. The Bertz CT molecular complexity index is 742. The summed E-state index contributed by atoms with van der Waals surface area (Å²) in [5.74, 6) is -0.182. The van der Waals surface area contributed by atoms with Gasteiger partial charge in [-0.05, 0) is 37.6 Å². The van der Waals surface area contributed by atoms with Crippen LogP contribution in [0, 0.1) is 0 Å². The van der Waals surface area contributed by atoms with Crippen LogP contribution in [0.25, 0.3) is 0 Å². The topological polar surface area (TPSA) is 52.7 Å². The monoisotopic (exact) mass is 353 g/mol. The number of amides is 2. The molecule has 0 radical (unpaired) electrons. The molecule has 0 aromatic heterocycles. The van der Waals surface area contributed by atoms with Crippen LogP contribution in [0.2, 0.25) is 0 Å². The molecule has 26 heavy (non-hydrogen) atoms. The molecule has 0 unspecified atom stereocenters. The zero-order valence-corrected chi connectivity index (χ0v) is 15.9. The molecular formula is C21H27N3O2. The van der Waals surface area contributed by atoms with E-state index in [1.165, 1.54) is 10.5 Å². The fourth-order valence-corrected chi connectivity index (χ4v) is 2.61. The van der Waals surface area contributed by atoms with Gasteiger partial charge in [-0.1, -0.05) is 36.4 Å². The van der Waals surface area contributed by atoms with E-state index >= 15 is 0 Å². The molecule has 0 bridgehead atoms. The lowest BCUT2D eigenvalue weighted by Crippen LogP contribution is -2.37. The fraction of sp³-hybridized carbons (Fsp3) is 0.333. The van der Waals surface area contributed by atoms with E-state index in [2.05, 4.69) is 36.2 Å². The van der Waals surface area contributed by atoms with E-state index in [0.29, 0.717) is 24.3 Å². The van der Waals surface area contributed by atoms with Gasteiger partial charge in [-0.15, -0.1) is 0 Å². The van der Waals surface area contributed by atoms with Crippen molar-refractivity contribution in [1.29, 1.82) is 0 Å². The molecule has 0 atom stereocenters. The number of carbonyl (C=O) groups excluding carboxylic acids is 2. The lowest BCUT2D eigenvalue weighted by molar-refractivity contribution is -0.117. The minimum Gasteiger partial charge on any atom is -0.345 e. The number of anilines is 1. The average Bonchev–Trinajstić information content (AvgIpc) is 2.61. The summed E-state index contributed by atoms with van der Waals surface area (Å²) < 4.78 is 0. The highest BCUT2D eigenvalue weighted by atomic mass is 16.2. The van der Waals surface area contributed by atoms with Crippen molar-refractivity contribution in [3.05, 3.63) is 65.7 Å². The van der Waals surface area contributed by atoms with Crippen molar-refractivity contribution in [2.45, 2.75) is 26.4 Å². The highest BCUT2D eigenvalue weighted by molar-refractivity contribution is 5.97. The van der Waals surface area contributed by atoms with Gasteiger partial charge < -0.3 is 10.2 Å². The van der Waals surface area contributed by atoms with Crippen LogP contribution in [0.1, 0.15) is 29.8 Å². The summed E-state index contributed by atoms with van der Waals surface area (Å²) in [6.07, 6.45) is 0. The van der Waals surface area contributed by atoms with Gasteiger partial charge in [0.15, 0.2) is 0 Å². The molecule has 5 nitrogen and oxygen atoms in total. The molecule has 0 aliphatic carbocycles. The fourth-order valence-electron chi connectivity index (χ4n) is 2.61. The third-order valence-corrected chi connectivity index (χ3v) is 4.10. The summed E-state index contributed by atoms with van der Waals surface area (Å²) in [6.45, 7) is 5.16. The summed E-state index contributed by atoms with van der Waals surface area (Å²) in [5.41, 5.74) is 2.36. The van der Waals surface area contributed by atoms with E-state index < -0.39 is 0 Å². The Hall–Kier alpha value is -2.66. The molecule has 0 aliphatic heterocycles. The number of nitrogens with zero attached hydrogens (tertiary/aromatic N) is 2. The van der Waals surface area contributed by atoms with Crippen molar-refractivity contribution in [3.63, 3.8) is 0 Å². The Morgan fingerprint density at radius 1 is 1.00 bits per heavy atom. The smallest absolute Gasteiger partial charge is 0.253 e. The van der Waals surface area contributed by atoms with Gasteiger partial charge in [0.25, 0.3) is 5.91 Å². The molecule has 5 heteroatoms. The van der Waals surface area contributed by atoms with Crippen LogP contribution in [-0.2, 0) is 11.3 Å². The third-order valence-electron chi connectivity index (χ3n) is 4.10. The molecule has 2 aromatic rings. The van der Waals surface area contributed by atoms with Crippen molar-refractivity contribution in [2.24, 2.45) is 0 Å². The summed E-state index contributed by atoms with van der Waals surface area (Å²) >= 11 is 0. The second kappa shape index (κ2) is 9.15. The van der Waals surface area contributed by atoms with Gasteiger partial charge in [-0.25, -0.2) is 0 Å². The molecule has 2 rings (SSSR count). The molecule has 2 amide bonds. The zero-order valence-electron chi connectivity index (χ0n) is 15.9. The second-order valence-electron chi connectivity index (χ2n) is 6.81. The van der Waals surface area contributed by atoms with Crippen molar-refractivity contribution < 1.29 is 9.59 Å². The van der Waals surface area contributed by atoms with E-state index in [4.69, 9.17) is 0 Å². The first-order valence-corrected chi connectivity index (χ1v) is 8.76. The maximum Gasteiger partial charge on any atom is 0.253 e. The molecular weight excluding hydrogens is 326 g/mol. The molecule has 0 fully saturated rings. The van der Waals surface area contributed by atoms with Crippen LogP contribution >= 0.6 is 0 Å². The van der Waals surface area contributed by atoms with E-state index in [1.807, 2.05) is 18.2 Å². The highest BCUT2D eigenvalue weighted by Gasteiger charge is 2.15. The minimum atomic E-state index is -0.0934. The standard InChI is InChI=1S/C21H27N3O2/c1-16(2)24(14-17-9-6-5-7-10-17)15-20(25)22-19-12-8-11-18(13-19)21(26)23(3)4/h5-13,16H,14-15H2,1-4H3,(H,22,25). The first kappa shape index (κ1) is 19.7. The Labute approximate surface area is 155 Å². The largest absolute Gasteiger partial charge is 0.345 e. The van der Waals surface area contributed by atoms with Crippen LogP contribution < -0.4 is 5.32 Å². The van der Waals surface area contributed by atoms with E-state index in [0.717, 1.165) is 0 Å². The molecule has 0 aliphatic rings. The summed E-state index contributed by atoms with van der Waals surface area (Å²) in [4.78, 5) is 28.2. The first-order chi connectivity index (χ1) is 12.4. The number of carbonyl (C=O) groups is 2. The van der Waals surface area contributed by atoms with E-state index in [9.17, 15) is 9.59 Å². The number of rotatable bonds is 7. The number of nitrogens with one attached hydrogen (secondary N) is 1. The summed E-state index contributed by atoms with van der Waals surface area (Å²) in [5, 5.41) is 2.90. The molecule has 2 aromatic carbocycles. The Kier molecular flexibility index (Phi) is 6.92. The predicted molar refractivity (Wildman–Crippen MR) is 105 cm³/mol. The van der Waals surface area contributed by atoms with E-state index in [1.54, 1.807) is 38.4 Å². The zero-order chi connectivity index (χ0) is 19.1. The number of hydrogen-bond acceptors (Lipinski definition) is 3. The average molecular weight is 353 g/mol. The molecule has 1 N–H and O–H groups in total. The van der Waals surface area contributed by atoms with Gasteiger partial charge in [0, 0.05) is 37.9 Å². The van der Waals surface area contributed by atoms with Crippen LogP contribution in [0.3, 0.4) is 0 Å². The van der Waals surface area contributed by atoms with Crippen LogP contribution in [0.4, 0.5) is 5.69 Å². The normalized spacial score (nSPS) is 10.8. The van der Waals surface area contributed by atoms with Gasteiger partial charge in [0.2, 0.25) is 5.91 Å². The minimum absolute atomic E-state index is 0.0889. The van der Waals surface area contributed by atoms with Crippen molar-refractivity contribution >= 4 is 17.5 Å². The van der Waals surface area contributed by atoms with E-state index in [-0.39, 0.29) is 17.9 Å². The van der Waals surface area contributed by atoms with Crippen LogP contribution in [-0.4, -0.2) is 48.3 Å². The lowest BCUT2D eigenvalue weighted by atomic mass is 10.1. The van der Waals surface area contributed by atoms with Crippen molar-refractivity contribution in [3.8, 4) is 0 Å². The predicted octanol–water partition coefficient (Wildman–Crippen LogP) is 3.24. The molecule has 0 saturated heterocycles. The van der Waals surface area contributed by atoms with Gasteiger partial charge >= 0.3 is 0 Å². The highest BCUT2D eigenvalue weighted by Crippen LogP contribution is 2.13. The van der Waals surface area contributed by atoms with Crippen molar-refractivity contribution in [2.75, 3.05) is 26.0 Å².